The predicted octanol–water partition coefficient (Wildman–Crippen LogP) is 4.72. The van der Waals surface area contributed by atoms with Crippen molar-refractivity contribution in [1.82, 2.24) is 0 Å². The van der Waals surface area contributed by atoms with Crippen LogP contribution in [0.5, 0.6) is 11.5 Å². The maximum absolute atomic E-state index is 12.1. The highest BCUT2D eigenvalue weighted by Gasteiger charge is 2.31. The standard InChI is InChI=1S/C15H13ClF3NO2.ClH/c1-21-13-7-4-10(16)8-12(13)14(20)9-2-5-11(6-3-9)22-15(17,18)19;/h2-8,14H,20H2,1H3;1H/t14-;/m1./s1. The van der Waals surface area contributed by atoms with Crippen LogP contribution < -0.4 is 15.2 Å². The molecule has 0 aliphatic carbocycles. The van der Waals surface area contributed by atoms with Crippen LogP contribution in [0.1, 0.15) is 17.2 Å². The lowest BCUT2D eigenvalue weighted by Gasteiger charge is -2.17. The summed E-state index contributed by atoms with van der Waals surface area (Å²) < 4.78 is 45.4. The van der Waals surface area contributed by atoms with Gasteiger partial charge >= 0.3 is 6.36 Å². The molecule has 0 radical (unpaired) electrons. The van der Waals surface area contributed by atoms with Crippen LogP contribution in [0.15, 0.2) is 42.5 Å². The summed E-state index contributed by atoms with van der Waals surface area (Å²) in [6.45, 7) is 0. The molecule has 2 aromatic rings. The first-order chi connectivity index (χ1) is 10.3. The molecule has 23 heavy (non-hydrogen) atoms. The summed E-state index contributed by atoms with van der Waals surface area (Å²) in [5.41, 5.74) is 7.38. The highest BCUT2D eigenvalue weighted by atomic mass is 35.5. The number of ether oxygens (including phenoxy) is 2. The van der Waals surface area contributed by atoms with Gasteiger partial charge in [0.1, 0.15) is 11.5 Å². The number of alkyl halides is 3. The van der Waals surface area contributed by atoms with Gasteiger partial charge in [0.05, 0.1) is 13.2 Å². The topological polar surface area (TPSA) is 44.5 Å². The molecule has 0 amide bonds. The smallest absolute Gasteiger partial charge is 0.496 e. The summed E-state index contributed by atoms with van der Waals surface area (Å²) in [5.74, 6) is 0.244. The molecule has 0 heterocycles. The van der Waals surface area contributed by atoms with Gasteiger partial charge < -0.3 is 15.2 Å². The van der Waals surface area contributed by atoms with Crippen LogP contribution in [0.4, 0.5) is 13.2 Å². The van der Waals surface area contributed by atoms with Gasteiger partial charge in [0.15, 0.2) is 0 Å². The predicted molar refractivity (Wildman–Crippen MR) is 84.4 cm³/mol. The molecule has 3 nitrogen and oxygen atoms in total. The van der Waals surface area contributed by atoms with Crippen molar-refractivity contribution in [3.8, 4) is 11.5 Å². The molecule has 2 N–H and O–H groups in total. The monoisotopic (exact) mass is 367 g/mol. The van der Waals surface area contributed by atoms with Gasteiger partial charge in [0.2, 0.25) is 0 Å². The van der Waals surface area contributed by atoms with Crippen LogP contribution in [0.2, 0.25) is 5.02 Å². The molecule has 0 aliphatic rings. The van der Waals surface area contributed by atoms with E-state index in [1.54, 1.807) is 18.2 Å². The highest BCUT2D eigenvalue weighted by molar-refractivity contribution is 6.30. The van der Waals surface area contributed by atoms with E-state index in [0.29, 0.717) is 21.9 Å². The maximum Gasteiger partial charge on any atom is 0.573 e. The number of hydrogen-bond donors (Lipinski definition) is 1. The highest BCUT2D eigenvalue weighted by Crippen LogP contribution is 2.32. The van der Waals surface area contributed by atoms with Gasteiger partial charge in [-0.1, -0.05) is 23.7 Å². The minimum absolute atomic E-state index is 0. The third kappa shape index (κ3) is 5.20. The lowest BCUT2D eigenvalue weighted by atomic mass is 9.98. The van der Waals surface area contributed by atoms with Crippen molar-refractivity contribution in [2.45, 2.75) is 12.4 Å². The van der Waals surface area contributed by atoms with Crippen LogP contribution in [-0.4, -0.2) is 13.5 Å². The van der Waals surface area contributed by atoms with Crippen LogP contribution >= 0.6 is 24.0 Å². The Morgan fingerprint density at radius 3 is 2.22 bits per heavy atom. The summed E-state index contributed by atoms with van der Waals surface area (Å²) in [7, 11) is 1.50. The number of nitrogens with two attached hydrogens (primary N) is 1. The third-order valence-corrected chi connectivity index (χ3v) is 3.23. The normalized spacial score (nSPS) is 12.3. The Bertz CT molecular complexity index is 648. The quantitative estimate of drug-likeness (QED) is 0.850. The van der Waals surface area contributed by atoms with E-state index < -0.39 is 12.4 Å². The molecule has 0 aromatic heterocycles. The van der Waals surface area contributed by atoms with E-state index >= 15 is 0 Å². The Morgan fingerprint density at radius 1 is 1.09 bits per heavy atom. The molecule has 2 aromatic carbocycles. The molecule has 0 aliphatic heterocycles. The SMILES string of the molecule is COc1ccc(Cl)cc1[C@H](N)c1ccc(OC(F)(F)F)cc1.Cl. The molecule has 0 bridgehead atoms. The third-order valence-electron chi connectivity index (χ3n) is 3.00. The van der Waals surface area contributed by atoms with Crippen LogP contribution in [0.25, 0.3) is 0 Å². The van der Waals surface area contributed by atoms with Gasteiger partial charge in [0.25, 0.3) is 0 Å². The first-order valence-electron chi connectivity index (χ1n) is 6.25. The van der Waals surface area contributed by atoms with Crippen molar-refractivity contribution in [3.05, 3.63) is 58.6 Å². The Morgan fingerprint density at radius 2 is 1.70 bits per heavy atom. The van der Waals surface area contributed by atoms with E-state index in [1.165, 1.54) is 31.4 Å². The van der Waals surface area contributed by atoms with Crippen molar-refractivity contribution in [2.75, 3.05) is 7.11 Å². The van der Waals surface area contributed by atoms with Crippen LogP contribution in [0.3, 0.4) is 0 Å². The molecule has 0 saturated heterocycles. The van der Waals surface area contributed by atoms with Gasteiger partial charge in [-0.2, -0.15) is 0 Å². The maximum atomic E-state index is 12.1. The van der Waals surface area contributed by atoms with Crippen LogP contribution in [0, 0.1) is 0 Å². The average molecular weight is 368 g/mol. The number of halogens is 5. The van der Waals surface area contributed by atoms with Crippen molar-refractivity contribution < 1.29 is 22.6 Å². The molecule has 0 spiro atoms. The van der Waals surface area contributed by atoms with E-state index in [-0.39, 0.29) is 18.2 Å². The molecule has 1 atom stereocenters. The van der Waals surface area contributed by atoms with Crippen molar-refractivity contribution in [1.29, 1.82) is 0 Å². The Hall–Kier alpha value is -1.63. The summed E-state index contributed by atoms with van der Waals surface area (Å²) >= 11 is 5.95. The lowest BCUT2D eigenvalue weighted by molar-refractivity contribution is -0.274. The number of benzene rings is 2. The molecular formula is C15H14Cl2F3NO2. The van der Waals surface area contributed by atoms with Gasteiger partial charge in [-0.05, 0) is 35.9 Å². The minimum Gasteiger partial charge on any atom is -0.496 e. The van der Waals surface area contributed by atoms with Gasteiger partial charge in [-0.15, -0.1) is 25.6 Å². The van der Waals surface area contributed by atoms with Gasteiger partial charge in [0, 0.05) is 10.6 Å². The second-order valence-electron chi connectivity index (χ2n) is 4.48. The molecule has 2 rings (SSSR count). The number of rotatable bonds is 4. The molecule has 0 fully saturated rings. The molecular weight excluding hydrogens is 354 g/mol. The van der Waals surface area contributed by atoms with Crippen molar-refractivity contribution in [2.24, 2.45) is 5.73 Å². The fourth-order valence-corrected chi connectivity index (χ4v) is 2.19. The Kier molecular flexibility index (Phi) is 6.56. The zero-order chi connectivity index (χ0) is 16.3. The summed E-state index contributed by atoms with van der Waals surface area (Å²) in [5, 5.41) is 0.489. The van der Waals surface area contributed by atoms with Gasteiger partial charge in [-0.25, -0.2) is 0 Å². The number of hydrogen-bond acceptors (Lipinski definition) is 3. The second-order valence-corrected chi connectivity index (χ2v) is 4.92. The zero-order valence-electron chi connectivity index (χ0n) is 11.9. The van der Waals surface area contributed by atoms with E-state index in [0.717, 1.165) is 0 Å². The lowest BCUT2D eigenvalue weighted by Crippen LogP contribution is -2.17. The van der Waals surface area contributed by atoms with Gasteiger partial charge in [-0.3, -0.25) is 0 Å². The largest absolute Gasteiger partial charge is 0.573 e. The molecule has 8 heteroatoms. The summed E-state index contributed by atoms with van der Waals surface area (Å²) in [6, 6.07) is 9.76. The fourth-order valence-electron chi connectivity index (χ4n) is 2.00. The van der Waals surface area contributed by atoms with Crippen LogP contribution in [-0.2, 0) is 0 Å². The summed E-state index contributed by atoms with van der Waals surface area (Å²) in [6.07, 6.45) is -4.72. The first kappa shape index (κ1) is 19.4. The van der Waals surface area contributed by atoms with E-state index in [9.17, 15) is 13.2 Å². The van der Waals surface area contributed by atoms with E-state index in [1.807, 2.05) is 0 Å². The Balaban J connectivity index is 0.00000264. The Labute approximate surface area is 142 Å². The molecule has 126 valence electrons. The van der Waals surface area contributed by atoms with E-state index in [2.05, 4.69) is 4.74 Å². The zero-order valence-corrected chi connectivity index (χ0v) is 13.5. The van der Waals surface area contributed by atoms with Crippen molar-refractivity contribution >= 4 is 24.0 Å². The second kappa shape index (κ2) is 7.77. The van der Waals surface area contributed by atoms with Crippen molar-refractivity contribution in [3.63, 3.8) is 0 Å². The first-order valence-corrected chi connectivity index (χ1v) is 6.62. The molecule has 0 saturated carbocycles. The summed E-state index contributed by atoms with van der Waals surface area (Å²) in [4.78, 5) is 0. The minimum atomic E-state index is -4.72. The molecule has 0 unspecified atom stereocenters. The average Bonchev–Trinajstić information content (AvgIpc) is 2.45. The fraction of sp³-hybridized carbons (Fsp3) is 0.200. The van der Waals surface area contributed by atoms with E-state index in [4.69, 9.17) is 22.1 Å². The number of methoxy groups -OCH3 is 1.